The average molecular weight is 479 g/mol. The number of nitrogens with one attached hydrogen (secondary N) is 1. The molecule has 8 nitrogen and oxygen atoms in total. The van der Waals surface area contributed by atoms with Gasteiger partial charge in [0, 0.05) is 36.6 Å². The van der Waals surface area contributed by atoms with E-state index in [9.17, 15) is 13.2 Å². The highest BCUT2D eigenvalue weighted by Gasteiger charge is 2.30. The predicted octanol–water partition coefficient (Wildman–Crippen LogP) is 3.57. The molecule has 0 spiro atoms. The van der Waals surface area contributed by atoms with Crippen molar-refractivity contribution in [1.82, 2.24) is 14.3 Å². The zero-order chi connectivity index (χ0) is 23.3. The van der Waals surface area contributed by atoms with Gasteiger partial charge in [-0.25, -0.2) is 18.4 Å². The van der Waals surface area contributed by atoms with Crippen LogP contribution in [0.5, 0.6) is 5.75 Å². The quantitative estimate of drug-likeness (QED) is 0.434. The third-order valence-electron chi connectivity index (χ3n) is 5.39. The van der Waals surface area contributed by atoms with Crippen molar-refractivity contribution in [2.45, 2.75) is 56.5 Å². The van der Waals surface area contributed by atoms with Gasteiger partial charge in [-0.2, -0.15) is 4.31 Å². The first-order valence-corrected chi connectivity index (χ1v) is 13.4. The fourth-order valence-corrected chi connectivity index (χ4v) is 5.88. The van der Waals surface area contributed by atoms with Crippen LogP contribution in [-0.2, 0) is 21.2 Å². The van der Waals surface area contributed by atoms with Gasteiger partial charge in [0.05, 0.1) is 6.61 Å². The summed E-state index contributed by atoms with van der Waals surface area (Å²) in [5.74, 6) is 0.0982. The highest BCUT2D eigenvalue weighted by Crippen LogP contribution is 2.31. The Bertz CT molecular complexity index is 1060. The molecule has 1 N–H and O–H groups in total. The Morgan fingerprint density at radius 1 is 1.19 bits per heavy atom. The van der Waals surface area contributed by atoms with Crippen molar-refractivity contribution in [3.05, 3.63) is 35.2 Å². The number of sulfonamides is 1. The number of hydrogen-bond acceptors (Lipinski definition) is 7. The standard InChI is InChI=1S/C22H30N4O4S2/c1-5-30-19-10-8-17(14-20(19)32(28,29)26-12-6-7-13-26)25-21(27)11-9-18-15(2)23-22(31-4)24-16(18)3/h8,10,14H,5-7,9,11-13H2,1-4H3,(H,25,27). The molecule has 0 unspecified atom stereocenters. The maximum absolute atomic E-state index is 13.1. The van der Waals surface area contributed by atoms with Gasteiger partial charge in [0.25, 0.3) is 0 Å². The number of aryl methyl sites for hydroxylation is 2. The Hall–Kier alpha value is -2.17. The first-order valence-electron chi connectivity index (χ1n) is 10.7. The van der Waals surface area contributed by atoms with Gasteiger partial charge in [0.2, 0.25) is 15.9 Å². The first kappa shape index (κ1) is 24.5. The molecule has 0 aliphatic carbocycles. The van der Waals surface area contributed by atoms with Crippen molar-refractivity contribution in [2.24, 2.45) is 0 Å². The molecule has 0 saturated carbocycles. The van der Waals surface area contributed by atoms with Crippen LogP contribution < -0.4 is 10.1 Å². The molecule has 0 radical (unpaired) electrons. The normalized spacial score (nSPS) is 14.5. The number of amides is 1. The van der Waals surface area contributed by atoms with Gasteiger partial charge < -0.3 is 10.1 Å². The fraction of sp³-hybridized carbons (Fsp3) is 0.500. The number of benzene rings is 1. The Labute approximate surface area is 194 Å². The van der Waals surface area contributed by atoms with Crippen LogP contribution in [0.15, 0.2) is 28.3 Å². The van der Waals surface area contributed by atoms with Crippen molar-refractivity contribution >= 4 is 33.4 Å². The van der Waals surface area contributed by atoms with Crippen LogP contribution in [0.4, 0.5) is 5.69 Å². The summed E-state index contributed by atoms with van der Waals surface area (Å²) in [7, 11) is -3.68. The van der Waals surface area contributed by atoms with E-state index in [1.807, 2.05) is 20.1 Å². The van der Waals surface area contributed by atoms with Crippen molar-refractivity contribution in [1.29, 1.82) is 0 Å². The Balaban J connectivity index is 1.75. The second-order valence-electron chi connectivity index (χ2n) is 7.61. The van der Waals surface area contributed by atoms with E-state index in [1.54, 1.807) is 19.1 Å². The maximum atomic E-state index is 13.1. The second kappa shape index (κ2) is 10.6. The summed E-state index contributed by atoms with van der Waals surface area (Å²) in [6, 6.07) is 4.76. The minimum absolute atomic E-state index is 0.0896. The van der Waals surface area contributed by atoms with E-state index >= 15 is 0 Å². The molecule has 3 rings (SSSR count). The van der Waals surface area contributed by atoms with Crippen molar-refractivity contribution in [3.8, 4) is 5.75 Å². The van der Waals surface area contributed by atoms with Gasteiger partial charge >= 0.3 is 0 Å². The van der Waals surface area contributed by atoms with Crippen LogP contribution in [0.1, 0.15) is 43.1 Å². The molecule has 0 bridgehead atoms. The Morgan fingerprint density at radius 2 is 1.84 bits per heavy atom. The van der Waals surface area contributed by atoms with Crippen LogP contribution in [0.3, 0.4) is 0 Å². The number of hydrogen-bond donors (Lipinski definition) is 1. The summed E-state index contributed by atoms with van der Waals surface area (Å²) in [5, 5.41) is 3.54. The highest BCUT2D eigenvalue weighted by molar-refractivity contribution is 7.98. The number of rotatable bonds is 9. The van der Waals surface area contributed by atoms with Crippen LogP contribution in [0.25, 0.3) is 0 Å². The molecule has 174 valence electrons. The van der Waals surface area contributed by atoms with E-state index in [2.05, 4.69) is 15.3 Å². The van der Waals surface area contributed by atoms with E-state index in [1.165, 1.54) is 22.1 Å². The summed E-state index contributed by atoms with van der Waals surface area (Å²) in [5.41, 5.74) is 3.13. The topological polar surface area (TPSA) is 101 Å². The van der Waals surface area contributed by atoms with Gasteiger partial charge in [-0.1, -0.05) is 11.8 Å². The molecule has 1 amide bonds. The van der Waals surface area contributed by atoms with E-state index in [0.717, 1.165) is 29.8 Å². The summed E-state index contributed by atoms with van der Waals surface area (Å²) in [6.07, 6.45) is 4.37. The molecule has 1 aliphatic rings. The monoisotopic (exact) mass is 478 g/mol. The summed E-state index contributed by atoms with van der Waals surface area (Å²) < 4.78 is 33.3. The highest BCUT2D eigenvalue weighted by atomic mass is 32.2. The molecule has 1 aliphatic heterocycles. The van der Waals surface area contributed by atoms with E-state index in [4.69, 9.17) is 4.74 Å². The average Bonchev–Trinajstić information content (AvgIpc) is 3.30. The lowest BCUT2D eigenvalue weighted by Crippen LogP contribution is -2.28. The molecule has 1 saturated heterocycles. The fourth-order valence-electron chi connectivity index (χ4n) is 3.75. The zero-order valence-corrected chi connectivity index (χ0v) is 20.6. The number of carbonyl (C=O) groups is 1. The van der Waals surface area contributed by atoms with E-state index < -0.39 is 10.0 Å². The minimum Gasteiger partial charge on any atom is -0.492 e. The Morgan fingerprint density at radius 3 is 2.44 bits per heavy atom. The van der Waals surface area contributed by atoms with Crippen LogP contribution in [0.2, 0.25) is 0 Å². The SMILES string of the molecule is CCOc1ccc(NC(=O)CCc2c(C)nc(SC)nc2C)cc1S(=O)(=O)N1CCCC1. The lowest BCUT2D eigenvalue weighted by molar-refractivity contribution is -0.116. The van der Waals surface area contributed by atoms with Gasteiger partial charge in [0.15, 0.2) is 5.16 Å². The van der Waals surface area contributed by atoms with Gasteiger partial charge in [0.1, 0.15) is 10.6 Å². The Kier molecular flexibility index (Phi) is 8.13. The summed E-state index contributed by atoms with van der Waals surface area (Å²) in [4.78, 5) is 21.6. The summed E-state index contributed by atoms with van der Waals surface area (Å²) >= 11 is 1.48. The van der Waals surface area contributed by atoms with Gasteiger partial charge in [-0.3, -0.25) is 4.79 Å². The molecule has 1 aromatic carbocycles. The van der Waals surface area contributed by atoms with Gasteiger partial charge in [-0.05, 0) is 70.1 Å². The molecule has 2 aromatic rings. The predicted molar refractivity (Wildman–Crippen MR) is 126 cm³/mol. The second-order valence-corrected chi connectivity index (χ2v) is 10.3. The maximum Gasteiger partial charge on any atom is 0.246 e. The van der Waals surface area contributed by atoms with Gasteiger partial charge in [-0.15, -0.1) is 0 Å². The smallest absolute Gasteiger partial charge is 0.246 e. The number of carbonyl (C=O) groups excluding carboxylic acids is 1. The largest absolute Gasteiger partial charge is 0.492 e. The molecular formula is C22H30N4O4S2. The van der Waals surface area contributed by atoms with Crippen molar-refractivity contribution in [2.75, 3.05) is 31.3 Å². The third-order valence-corrected chi connectivity index (χ3v) is 7.86. The number of ether oxygens (including phenoxy) is 1. The first-order chi connectivity index (χ1) is 15.3. The molecular weight excluding hydrogens is 448 g/mol. The molecule has 1 fully saturated rings. The molecule has 0 atom stereocenters. The number of thioether (sulfide) groups is 1. The van der Waals surface area contributed by atoms with E-state index in [0.29, 0.717) is 42.7 Å². The lowest BCUT2D eigenvalue weighted by Gasteiger charge is -2.19. The van der Waals surface area contributed by atoms with Crippen molar-refractivity contribution < 1.29 is 17.9 Å². The molecule has 1 aromatic heterocycles. The molecule has 2 heterocycles. The zero-order valence-electron chi connectivity index (χ0n) is 19.0. The number of nitrogens with zero attached hydrogens (tertiary/aromatic N) is 3. The third kappa shape index (κ3) is 5.60. The number of aromatic nitrogens is 2. The molecule has 10 heteroatoms. The van der Waals surface area contributed by atoms with Crippen LogP contribution >= 0.6 is 11.8 Å². The van der Waals surface area contributed by atoms with Crippen LogP contribution in [0, 0.1) is 13.8 Å². The van der Waals surface area contributed by atoms with Crippen molar-refractivity contribution in [3.63, 3.8) is 0 Å². The lowest BCUT2D eigenvalue weighted by atomic mass is 10.1. The molecule has 32 heavy (non-hydrogen) atoms. The summed E-state index contributed by atoms with van der Waals surface area (Å²) in [6.45, 7) is 7.00. The van der Waals surface area contributed by atoms with E-state index in [-0.39, 0.29) is 17.2 Å². The minimum atomic E-state index is -3.68. The number of anilines is 1. The van der Waals surface area contributed by atoms with Crippen LogP contribution in [-0.4, -0.2) is 54.6 Å².